The molecule has 1 aliphatic heterocycles. The van der Waals surface area contributed by atoms with E-state index in [9.17, 15) is 14.7 Å². The highest BCUT2D eigenvalue weighted by atomic mass is 16.4. The highest BCUT2D eigenvalue weighted by Crippen LogP contribution is 2.15. The molecule has 6 nitrogen and oxygen atoms in total. The van der Waals surface area contributed by atoms with Gasteiger partial charge in [-0.2, -0.15) is 0 Å². The monoisotopic (exact) mass is 370 g/mol. The van der Waals surface area contributed by atoms with E-state index < -0.39 is 5.97 Å². The van der Waals surface area contributed by atoms with Gasteiger partial charge in [0.2, 0.25) is 0 Å². The van der Waals surface area contributed by atoms with Gasteiger partial charge < -0.3 is 15.1 Å². The van der Waals surface area contributed by atoms with E-state index in [0.29, 0.717) is 13.1 Å². The lowest BCUT2D eigenvalue weighted by Crippen LogP contribution is -2.48. The van der Waals surface area contributed by atoms with Crippen LogP contribution in [0.3, 0.4) is 0 Å². The van der Waals surface area contributed by atoms with Crippen molar-refractivity contribution in [3.63, 3.8) is 0 Å². The zero-order valence-corrected chi connectivity index (χ0v) is 15.5. The summed E-state index contributed by atoms with van der Waals surface area (Å²) in [5, 5.41) is 16.8. The third-order valence-corrected chi connectivity index (χ3v) is 4.30. The Hall–Kier alpha value is -2.70. The van der Waals surface area contributed by atoms with Crippen LogP contribution in [0, 0.1) is 0 Å². The van der Waals surface area contributed by atoms with Crippen LogP contribution in [-0.4, -0.2) is 64.7 Å². The Kier molecular flexibility index (Phi) is 7.98. The zero-order chi connectivity index (χ0) is 19.6. The van der Waals surface area contributed by atoms with E-state index in [2.05, 4.69) is 17.0 Å². The Morgan fingerprint density at radius 3 is 1.96 bits per heavy atom. The van der Waals surface area contributed by atoms with Gasteiger partial charge in [0.1, 0.15) is 0 Å². The number of hydrogen-bond acceptors (Lipinski definition) is 4. The van der Waals surface area contributed by atoms with Gasteiger partial charge in [-0.25, -0.2) is 4.79 Å². The number of aliphatic hydroxyl groups excluding tert-OH is 1. The van der Waals surface area contributed by atoms with Crippen LogP contribution in [0.5, 0.6) is 0 Å². The molecule has 2 N–H and O–H groups in total. The molecule has 0 bridgehead atoms. The van der Waals surface area contributed by atoms with Crippen molar-refractivity contribution in [3.05, 3.63) is 71.3 Å². The summed E-state index contributed by atoms with van der Waals surface area (Å²) in [6.45, 7) is 5.60. The third kappa shape index (κ3) is 5.91. The molecule has 1 amide bonds. The second-order valence-corrected chi connectivity index (χ2v) is 6.22. The highest BCUT2D eigenvalue weighted by Gasteiger charge is 2.25. The van der Waals surface area contributed by atoms with E-state index in [0.717, 1.165) is 19.6 Å². The molecule has 0 unspecified atom stereocenters. The number of rotatable bonds is 4. The summed E-state index contributed by atoms with van der Waals surface area (Å²) in [7, 11) is 0. The summed E-state index contributed by atoms with van der Waals surface area (Å²) in [5.74, 6) is -1.27. The SMILES string of the molecule is CCO.O=C(O)c1ccccc1C(=O)N1CCN(Cc2ccccc2)CC1. The Labute approximate surface area is 159 Å². The molecule has 27 heavy (non-hydrogen) atoms. The molecule has 1 aliphatic rings. The number of carbonyl (C=O) groups excluding carboxylic acids is 1. The van der Waals surface area contributed by atoms with Crippen LogP contribution < -0.4 is 0 Å². The summed E-state index contributed by atoms with van der Waals surface area (Å²) in [4.78, 5) is 28.0. The minimum absolute atomic E-state index is 0.0641. The van der Waals surface area contributed by atoms with E-state index in [-0.39, 0.29) is 23.6 Å². The molecule has 1 heterocycles. The minimum Gasteiger partial charge on any atom is -0.478 e. The van der Waals surface area contributed by atoms with E-state index in [4.69, 9.17) is 5.11 Å². The maximum Gasteiger partial charge on any atom is 0.336 e. The van der Waals surface area contributed by atoms with Crippen molar-refractivity contribution in [2.75, 3.05) is 32.8 Å². The molecule has 2 aromatic rings. The number of carboxylic acids is 1. The van der Waals surface area contributed by atoms with Gasteiger partial charge in [0.05, 0.1) is 11.1 Å². The van der Waals surface area contributed by atoms with Gasteiger partial charge in [0, 0.05) is 39.3 Å². The van der Waals surface area contributed by atoms with Gasteiger partial charge in [-0.15, -0.1) is 0 Å². The van der Waals surface area contributed by atoms with Crippen LogP contribution >= 0.6 is 0 Å². The fourth-order valence-corrected chi connectivity index (χ4v) is 2.98. The maximum absolute atomic E-state index is 12.6. The van der Waals surface area contributed by atoms with Crippen LogP contribution in [0.1, 0.15) is 33.2 Å². The quantitative estimate of drug-likeness (QED) is 0.863. The molecule has 3 rings (SSSR count). The molecule has 0 spiro atoms. The van der Waals surface area contributed by atoms with Crippen molar-refractivity contribution >= 4 is 11.9 Å². The first-order valence-corrected chi connectivity index (χ1v) is 9.05. The van der Waals surface area contributed by atoms with E-state index in [1.54, 1.807) is 30.0 Å². The van der Waals surface area contributed by atoms with E-state index >= 15 is 0 Å². The summed E-state index contributed by atoms with van der Waals surface area (Å²) in [5.41, 5.74) is 1.59. The van der Waals surface area contributed by atoms with Gasteiger partial charge in [0.25, 0.3) is 5.91 Å². The first-order valence-electron chi connectivity index (χ1n) is 9.05. The van der Waals surface area contributed by atoms with Crippen LogP contribution in [0.2, 0.25) is 0 Å². The largest absolute Gasteiger partial charge is 0.478 e. The van der Waals surface area contributed by atoms with Crippen LogP contribution in [0.4, 0.5) is 0 Å². The van der Waals surface area contributed by atoms with Crippen molar-refractivity contribution in [2.45, 2.75) is 13.5 Å². The molecule has 1 saturated heterocycles. The van der Waals surface area contributed by atoms with Gasteiger partial charge in [-0.05, 0) is 24.6 Å². The number of aromatic carboxylic acids is 1. The highest BCUT2D eigenvalue weighted by molar-refractivity contribution is 6.04. The van der Waals surface area contributed by atoms with Gasteiger partial charge in [-0.1, -0.05) is 42.5 Å². The number of carbonyl (C=O) groups is 2. The lowest BCUT2D eigenvalue weighted by atomic mass is 10.1. The number of piperazine rings is 1. The maximum atomic E-state index is 12.6. The fraction of sp³-hybridized carbons (Fsp3) is 0.333. The normalized spacial score (nSPS) is 14.2. The third-order valence-electron chi connectivity index (χ3n) is 4.30. The minimum atomic E-state index is -1.07. The van der Waals surface area contributed by atoms with Crippen molar-refractivity contribution in [1.82, 2.24) is 9.80 Å². The van der Waals surface area contributed by atoms with Crippen LogP contribution in [-0.2, 0) is 6.54 Å². The molecular weight excluding hydrogens is 344 g/mol. The molecule has 0 atom stereocenters. The van der Waals surface area contributed by atoms with Gasteiger partial charge in [-0.3, -0.25) is 9.69 Å². The Balaban J connectivity index is 0.000000817. The van der Waals surface area contributed by atoms with Crippen LogP contribution in [0.15, 0.2) is 54.6 Å². The van der Waals surface area contributed by atoms with E-state index in [1.165, 1.54) is 11.6 Å². The fourth-order valence-electron chi connectivity index (χ4n) is 2.98. The molecule has 144 valence electrons. The number of benzene rings is 2. The first-order chi connectivity index (χ1) is 13.1. The Bertz CT molecular complexity index is 741. The van der Waals surface area contributed by atoms with Crippen LogP contribution in [0.25, 0.3) is 0 Å². The number of amides is 1. The zero-order valence-electron chi connectivity index (χ0n) is 15.5. The summed E-state index contributed by atoms with van der Waals surface area (Å²) in [6.07, 6.45) is 0. The van der Waals surface area contributed by atoms with Gasteiger partial charge in [0.15, 0.2) is 0 Å². The van der Waals surface area contributed by atoms with E-state index in [1.807, 2.05) is 18.2 Å². The lowest BCUT2D eigenvalue weighted by molar-refractivity contribution is 0.0609. The number of hydrogen-bond donors (Lipinski definition) is 2. The molecular formula is C21H26N2O4. The average molecular weight is 370 g/mol. The number of aliphatic hydroxyl groups is 1. The molecule has 6 heteroatoms. The molecule has 1 fully saturated rings. The standard InChI is InChI=1S/C19H20N2O3.C2H6O/c22-18(16-8-4-5-9-17(16)19(23)24)21-12-10-20(11-13-21)14-15-6-2-1-3-7-15;1-2-3/h1-9H,10-14H2,(H,23,24);3H,2H2,1H3. The predicted octanol–water partition coefficient (Wildman–Crippen LogP) is 2.34. The molecule has 0 radical (unpaired) electrons. The number of carboxylic acid groups (broad SMARTS) is 1. The summed E-state index contributed by atoms with van der Waals surface area (Å²) >= 11 is 0. The predicted molar refractivity (Wildman–Crippen MR) is 104 cm³/mol. The number of nitrogens with zero attached hydrogens (tertiary/aromatic N) is 2. The Morgan fingerprint density at radius 2 is 1.41 bits per heavy atom. The van der Waals surface area contributed by atoms with Crippen molar-refractivity contribution < 1.29 is 19.8 Å². The van der Waals surface area contributed by atoms with Crippen molar-refractivity contribution in [3.8, 4) is 0 Å². The molecule has 2 aromatic carbocycles. The lowest BCUT2D eigenvalue weighted by Gasteiger charge is -2.35. The second kappa shape index (κ2) is 10.4. The Morgan fingerprint density at radius 1 is 0.889 bits per heavy atom. The topological polar surface area (TPSA) is 81.1 Å². The molecule has 0 aliphatic carbocycles. The smallest absolute Gasteiger partial charge is 0.336 e. The average Bonchev–Trinajstić information content (AvgIpc) is 2.69. The summed E-state index contributed by atoms with van der Waals surface area (Å²) in [6, 6.07) is 16.6. The second-order valence-electron chi connectivity index (χ2n) is 6.22. The molecule has 0 aromatic heterocycles. The molecule has 0 saturated carbocycles. The van der Waals surface area contributed by atoms with Gasteiger partial charge >= 0.3 is 5.97 Å². The van der Waals surface area contributed by atoms with Crippen molar-refractivity contribution in [2.24, 2.45) is 0 Å². The van der Waals surface area contributed by atoms with Crippen molar-refractivity contribution in [1.29, 1.82) is 0 Å². The first kappa shape index (κ1) is 20.6. The summed E-state index contributed by atoms with van der Waals surface area (Å²) < 4.78 is 0.